The summed E-state index contributed by atoms with van der Waals surface area (Å²) in [5, 5.41) is 0. The van der Waals surface area contributed by atoms with E-state index in [2.05, 4.69) is 33.9 Å². The van der Waals surface area contributed by atoms with E-state index < -0.39 is 9.04 Å². The molecule has 10 heavy (non-hydrogen) atoms. The molecule has 0 aromatic heterocycles. The maximum Gasteiger partial charge on any atom is 0.178 e. The fourth-order valence-electron chi connectivity index (χ4n) is 0.886. The minimum Gasteiger partial charge on any atom is -0.415 e. The number of rotatable bonds is 3. The smallest absolute Gasteiger partial charge is 0.178 e. The molecule has 0 bridgehead atoms. The van der Waals surface area contributed by atoms with Gasteiger partial charge in [0.25, 0.3) is 0 Å². The van der Waals surface area contributed by atoms with Crippen LogP contribution in [0.3, 0.4) is 0 Å². The predicted molar refractivity (Wildman–Crippen MR) is 48.9 cm³/mol. The molecule has 0 fully saturated rings. The van der Waals surface area contributed by atoms with E-state index in [0.717, 1.165) is 6.04 Å². The van der Waals surface area contributed by atoms with Crippen molar-refractivity contribution in [2.24, 2.45) is 0 Å². The van der Waals surface area contributed by atoms with Crippen LogP contribution in [0.25, 0.3) is 0 Å². The predicted octanol–water partition coefficient (Wildman–Crippen LogP) is 2.34. The van der Waals surface area contributed by atoms with Crippen LogP contribution in [-0.4, -0.2) is 14.6 Å². The van der Waals surface area contributed by atoms with Gasteiger partial charge in [-0.25, -0.2) is 0 Å². The lowest BCUT2D eigenvalue weighted by molar-refractivity contribution is 0.130. The zero-order chi connectivity index (χ0) is 8.20. The third-order valence-corrected chi connectivity index (χ3v) is 3.16. The average molecular weight is 158 g/mol. The fourth-order valence-corrected chi connectivity index (χ4v) is 2.66. The van der Waals surface area contributed by atoms with Gasteiger partial charge in [0.15, 0.2) is 9.04 Å². The highest BCUT2D eigenvalue weighted by molar-refractivity contribution is 6.50. The second-order valence-corrected chi connectivity index (χ2v) is 5.89. The van der Waals surface area contributed by atoms with Crippen molar-refractivity contribution in [1.29, 1.82) is 0 Å². The van der Waals surface area contributed by atoms with E-state index in [4.69, 9.17) is 4.43 Å². The Hall–Kier alpha value is -0.0831. The first kappa shape index (κ1) is 9.92. The van der Waals surface area contributed by atoms with Crippen molar-refractivity contribution in [2.45, 2.75) is 39.0 Å². The molecule has 0 aromatic rings. The largest absolute Gasteiger partial charge is 0.415 e. The summed E-state index contributed by atoms with van der Waals surface area (Å²) in [6.07, 6.45) is 1.95. The summed E-state index contributed by atoms with van der Waals surface area (Å²) in [7, 11) is -0.945. The normalized spacial score (nSPS) is 14.8. The minimum absolute atomic E-state index is 0.0364. The quantitative estimate of drug-likeness (QED) is 0.452. The third-order valence-electron chi connectivity index (χ3n) is 1.05. The van der Waals surface area contributed by atoms with Crippen LogP contribution in [0.2, 0.25) is 12.6 Å². The maximum atomic E-state index is 5.75. The minimum atomic E-state index is -0.945. The molecule has 0 saturated heterocycles. The Balaban J connectivity index is 3.56. The molecule has 0 N–H and O–H groups in total. The van der Waals surface area contributed by atoms with E-state index in [1.165, 1.54) is 0 Å². The molecule has 0 aliphatic carbocycles. The van der Waals surface area contributed by atoms with Crippen molar-refractivity contribution in [1.82, 2.24) is 0 Å². The van der Waals surface area contributed by atoms with Crippen LogP contribution in [0.1, 0.15) is 20.8 Å². The lowest BCUT2D eigenvalue weighted by Crippen LogP contribution is -2.27. The Morgan fingerprint density at radius 2 is 2.00 bits per heavy atom. The fraction of sp³-hybridized carbons (Fsp3) is 0.750. The summed E-state index contributed by atoms with van der Waals surface area (Å²) in [5.41, 5.74) is 0.0364. The molecule has 1 atom stereocenters. The van der Waals surface area contributed by atoms with Gasteiger partial charge < -0.3 is 4.43 Å². The Morgan fingerprint density at radius 1 is 1.50 bits per heavy atom. The Kier molecular flexibility index (Phi) is 3.90. The van der Waals surface area contributed by atoms with Gasteiger partial charge in [-0.2, -0.15) is 0 Å². The summed E-state index contributed by atoms with van der Waals surface area (Å²) < 4.78 is 5.75. The van der Waals surface area contributed by atoms with Crippen LogP contribution < -0.4 is 0 Å². The lowest BCUT2D eigenvalue weighted by atomic mass is 10.2. The molecule has 1 unspecified atom stereocenters. The number of hydrogen-bond donors (Lipinski definition) is 0. The Morgan fingerprint density at radius 3 is 2.30 bits per heavy atom. The van der Waals surface area contributed by atoms with Crippen LogP contribution in [0.5, 0.6) is 0 Å². The highest BCUT2D eigenvalue weighted by atomic mass is 28.3. The first-order valence-electron chi connectivity index (χ1n) is 3.74. The van der Waals surface area contributed by atoms with Gasteiger partial charge in [-0.1, -0.05) is 6.08 Å². The molecule has 0 spiro atoms. The SMILES string of the molecule is C=CC[SiH](C)OC(C)(C)C. The van der Waals surface area contributed by atoms with Gasteiger partial charge in [0.2, 0.25) is 0 Å². The van der Waals surface area contributed by atoms with Crippen LogP contribution in [-0.2, 0) is 4.43 Å². The molecule has 0 radical (unpaired) electrons. The van der Waals surface area contributed by atoms with Gasteiger partial charge in [0.05, 0.1) is 0 Å². The molecule has 60 valence electrons. The summed E-state index contributed by atoms with van der Waals surface area (Å²) in [4.78, 5) is 0. The van der Waals surface area contributed by atoms with Crippen molar-refractivity contribution >= 4 is 9.04 Å². The molecule has 2 heteroatoms. The third kappa shape index (κ3) is 6.04. The number of hydrogen-bond acceptors (Lipinski definition) is 1. The number of allylic oxidation sites excluding steroid dienone is 1. The van der Waals surface area contributed by atoms with Gasteiger partial charge in [0, 0.05) is 5.60 Å². The molecule has 0 aliphatic rings. The van der Waals surface area contributed by atoms with E-state index in [1.807, 2.05) is 6.08 Å². The van der Waals surface area contributed by atoms with Gasteiger partial charge in [-0.05, 0) is 33.4 Å². The second-order valence-electron chi connectivity index (χ2n) is 3.57. The van der Waals surface area contributed by atoms with Gasteiger partial charge in [0.1, 0.15) is 0 Å². The van der Waals surface area contributed by atoms with Crippen molar-refractivity contribution < 1.29 is 4.43 Å². The monoisotopic (exact) mass is 158 g/mol. The lowest BCUT2D eigenvalue weighted by Gasteiger charge is -2.23. The summed E-state index contributed by atoms with van der Waals surface area (Å²) in [5.74, 6) is 0. The van der Waals surface area contributed by atoms with Crippen molar-refractivity contribution in [3.8, 4) is 0 Å². The zero-order valence-corrected chi connectivity index (χ0v) is 8.63. The van der Waals surface area contributed by atoms with Crippen LogP contribution in [0.4, 0.5) is 0 Å². The molecular formula is C8H18OSi. The standard InChI is InChI=1S/C8H18OSi/c1-6-7-10(5)9-8(2,3)4/h6,10H,1,7H2,2-5H3. The maximum absolute atomic E-state index is 5.75. The molecule has 0 rings (SSSR count). The topological polar surface area (TPSA) is 9.23 Å². The zero-order valence-electron chi connectivity index (χ0n) is 7.48. The molecular weight excluding hydrogens is 140 g/mol. The first-order chi connectivity index (χ1) is 4.45. The highest BCUT2D eigenvalue weighted by Crippen LogP contribution is 2.10. The second kappa shape index (κ2) is 3.94. The summed E-state index contributed by atoms with van der Waals surface area (Å²) in [6, 6.07) is 1.07. The van der Waals surface area contributed by atoms with E-state index in [1.54, 1.807) is 0 Å². The summed E-state index contributed by atoms with van der Waals surface area (Å²) >= 11 is 0. The summed E-state index contributed by atoms with van der Waals surface area (Å²) in [6.45, 7) is 12.2. The molecule has 0 aliphatic heterocycles. The van der Waals surface area contributed by atoms with Crippen molar-refractivity contribution in [3.05, 3.63) is 12.7 Å². The van der Waals surface area contributed by atoms with Gasteiger partial charge in [-0.3, -0.25) is 0 Å². The van der Waals surface area contributed by atoms with Crippen LogP contribution >= 0.6 is 0 Å². The average Bonchev–Trinajstić information content (AvgIpc) is 1.59. The van der Waals surface area contributed by atoms with E-state index >= 15 is 0 Å². The van der Waals surface area contributed by atoms with Crippen molar-refractivity contribution in [2.75, 3.05) is 0 Å². The Bertz CT molecular complexity index is 104. The molecule has 0 saturated carbocycles. The molecule has 0 aromatic carbocycles. The highest BCUT2D eigenvalue weighted by Gasteiger charge is 2.14. The van der Waals surface area contributed by atoms with E-state index in [-0.39, 0.29) is 5.60 Å². The molecule has 0 amide bonds. The van der Waals surface area contributed by atoms with Crippen LogP contribution in [0.15, 0.2) is 12.7 Å². The van der Waals surface area contributed by atoms with Gasteiger partial charge >= 0.3 is 0 Å². The molecule has 1 nitrogen and oxygen atoms in total. The first-order valence-corrected chi connectivity index (χ1v) is 6.18. The Labute approximate surface area is 65.8 Å². The van der Waals surface area contributed by atoms with Gasteiger partial charge in [-0.15, -0.1) is 6.58 Å². The van der Waals surface area contributed by atoms with E-state index in [9.17, 15) is 0 Å². The van der Waals surface area contributed by atoms with Crippen LogP contribution in [0, 0.1) is 0 Å². The molecule has 0 heterocycles. The van der Waals surface area contributed by atoms with Crippen molar-refractivity contribution in [3.63, 3.8) is 0 Å². The van der Waals surface area contributed by atoms with E-state index in [0.29, 0.717) is 0 Å².